The molecule has 1 unspecified atom stereocenters. The van der Waals surface area contributed by atoms with Crippen LogP contribution in [0, 0.1) is 0 Å². The van der Waals surface area contributed by atoms with Crippen molar-refractivity contribution in [2.75, 3.05) is 13.1 Å². The fourth-order valence-corrected chi connectivity index (χ4v) is 3.08. The molecule has 0 aliphatic carbocycles. The van der Waals surface area contributed by atoms with Gasteiger partial charge in [0.15, 0.2) is 5.82 Å². The summed E-state index contributed by atoms with van der Waals surface area (Å²) in [7, 11) is 0. The Morgan fingerprint density at radius 2 is 2.50 bits per heavy atom. The SMILES string of the molecule is CC1(c2nc(Cc3cccs3)no2)CCCNC1. The molecule has 1 N–H and O–H groups in total. The Labute approximate surface area is 110 Å². The first-order valence-electron chi connectivity index (χ1n) is 6.32. The van der Waals surface area contributed by atoms with Crippen LogP contribution in [0.3, 0.4) is 0 Å². The zero-order valence-electron chi connectivity index (χ0n) is 10.5. The minimum Gasteiger partial charge on any atom is -0.339 e. The van der Waals surface area contributed by atoms with E-state index in [-0.39, 0.29) is 5.41 Å². The number of thiophene rings is 1. The first kappa shape index (κ1) is 11.9. The van der Waals surface area contributed by atoms with Crippen molar-refractivity contribution in [3.05, 3.63) is 34.1 Å². The summed E-state index contributed by atoms with van der Waals surface area (Å²) in [4.78, 5) is 5.84. The highest BCUT2D eigenvalue weighted by molar-refractivity contribution is 7.09. The monoisotopic (exact) mass is 263 g/mol. The predicted molar refractivity (Wildman–Crippen MR) is 70.9 cm³/mol. The van der Waals surface area contributed by atoms with Gasteiger partial charge in [0, 0.05) is 17.8 Å². The number of hydrogen-bond donors (Lipinski definition) is 1. The molecular formula is C13H17N3OS. The Bertz CT molecular complexity index is 500. The quantitative estimate of drug-likeness (QED) is 0.923. The molecule has 0 radical (unpaired) electrons. The van der Waals surface area contributed by atoms with E-state index in [2.05, 4.69) is 33.8 Å². The molecular weight excluding hydrogens is 246 g/mol. The van der Waals surface area contributed by atoms with Crippen molar-refractivity contribution < 1.29 is 4.52 Å². The maximum Gasteiger partial charge on any atom is 0.233 e. The van der Waals surface area contributed by atoms with E-state index in [4.69, 9.17) is 4.52 Å². The fourth-order valence-electron chi connectivity index (χ4n) is 2.38. The van der Waals surface area contributed by atoms with Gasteiger partial charge in [0.2, 0.25) is 5.89 Å². The van der Waals surface area contributed by atoms with E-state index in [1.165, 1.54) is 11.3 Å². The molecule has 5 heteroatoms. The smallest absolute Gasteiger partial charge is 0.233 e. The van der Waals surface area contributed by atoms with Gasteiger partial charge in [0.05, 0.1) is 5.41 Å². The number of nitrogens with zero attached hydrogens (tertiary/aromatic N) is 2. The average Bonchev–Trinajstić information content (AvgIpc) is 3.02. The van der Waals surface area contributed by atoms with Crippen molar-refractivity contribution in [3.8, 4) is 0 Å². The third-order valence-electron chi connectivity index (χ3n) is 3.49. The van der Waals surface area contributed by atoms with Crippen LogP contribution in [-0.2, 0) is 11.8 Å². The molecule has 18 heavy (non-hydrogen) atoms. The van der Waals surface area contributed by atoms with E-state index < -0.39 is 0 Å². The Morgan fingerprint density at radius 1 is 1.56 bits per heavy atom. The molecule has 0 aromatic carbocycles. The fraction of sp³-hybridized carbons (Fsp3) is 0.538. The summed E-state index contributed by atoms with van der Waals surface area (Å²) >= 11 is 1.73. The van der Waals surface area contributed by atoms with Crippen LogP contribution in [0.4, 0.5) is 0 Å². The lowest BCUT2D eigenvalue weighted by Crippen LogP contribution is -2.41. The molecule has 1 aliphatic rings. The van der Waals surface area contributed by atoms with E-state index >= 15 is 0 Å². The van der Waals surface area contributed by atoms with E-state index in [0.717, 1.165) is 37.6 Å². The summed E-state index contributed by atoms with van der Waals surface area (Å²) in [6.07, 6.45) is 3.05. The topological polar surface area (TPSA) is 51.0 Å². The lowest BCUT2D eigenvalue weighted by molar-refractivity contribution is 0.245. The van der Waals surface area contributed by atoms with Crippen LogP contribution in [0.5, 0.6) is 0 Å². The molecule has 1 fully saturated rings. The Kier molecular flexibility index (Phi) is 3.18. The van der Waals surface area contributed by atoms with Crippen LogP contribution in [0.15, 0.2) is 22.0 Å². The summed E-state index contributed by atoms with van der Waals surface area (Å²) in [5, 5.41) is 9.58. The second-order valence-electron chi connectivity index (χ2n) is 5.11. The molecule has 0 saturated carbocycles. The highest BCUT2D eigenvalue weighted by Crippen LogP contribution is 2.29. The third kappa shape index (κ3) is 2.33. The van der Waals surface area contributed by atoms with Crippen LogP contribution < -0.4 is 5.32 Å². The van der Waals surface area contributed by atoms with Crippen LogP contribution in [0.1, 0.15) is 36.4 Å². The summed E-state index contributed by atoms with van der Waals surface area (Å²) in [6.45, 7) is 4.21. The maximum atomic E-state index is 5.46. The van der Waals surface area contributed by atoms with Crippen molar-refractivity contribution in [2.24, 2.45) is 0 Å². The van der Waals surface area contributed by atoms with Gasteiger partial charge in [-0.25, -0.2) is 0 Å². The molecule has 3 rings (SSSR count). The number of piperidine rings is 1. The van der Waals surface area contributed by atoms with E-state index in [1.54, 1.807) is 11.3 Å². The number of nitrogens with one attached hydrogen (secondary N) is 1. The largest absolute Gasteiger partial charge is 0.339 e. The Morgan fingerprint density at radius 3 is 3.22 bits per heavy atom. The first-order valence-corrected chi connectivity index (χ1v) is 7.20. The average molecular weight is 263 g/mol. The lowest BCUT2D eigenvalue weighted by Gasteiger charge is -2.30. The molecule has 96 valence electrons. The molecule has 1 atom stereocenters. The molecule has 0 spiro atoms. The van der Waals surface area contributed by atoms with Crippen LogP contribution >= 0.6 is 11.3 Å². The van der Waals surface area contributed by atoms with Crippen molar-refractivity contribution in [1.82, 2.24) is 15.5 Å². The van der Waals surface area contributed by atoms with Gasteiger partial charge in [-0.1, -0.05) is 11.2 Å². The molecule has 1 saturated heterocycles. The first-order chi connectivity index (χ1) is 8.76. The van der Waals surface area contributed by atoms with Gasteiger partial charge >= 0.3 is 0 Å². The minimum atomic E-state index is -0.00104. The van der Waals surface area contributed by atoms with Gasteiger partial charge in [-0.3, -0.25) is 0 Å². The molecule has 2 aromatic rings. The van der Waals surface area contributed by atoms with Gasteiger partial charge < -0.3 is 9.84 Å². The summed E-state index contributed by atoms with van der Waals surface area (Å²) in [5.41, 5.74) is -0.00104. The Hall–Kier alpha value is -1.20. The van der Waals surface area contributed by atoms with Gasteiger partial charge in [-0.15, -0.1) is 11.3 Å². The minimum absolute atomic E-state index is 0.00104. The summed E-state index contributed by atoms with van der Waals surface area (Å²) in [5.74, 6) is 1.57. The zero-order chi connectivity index (χ0) is 12.4. The third-order valence-corrected chi connectivity index (χ3v) is 4.37. The van der Waals surface area contributed by atoms with Crippen molar-refractivity contribution in [3.63, 3.8) is 0 Å². The Balaban J connectivity index is 1.76. The summed E-state index contributed by atoms with van der Waals surface area (Å²) < 4.78 is 5.46. The van der Waals surface area contributed by atoms with E-state index in [9.17, 15) is 0 Å². The second-order valence-corrected chi connectivity index (χ2v) is 6.15. The predicted octanol–water partition coefficient (Wildman–Crippen LogP) is 2.36. The van der Waals surface area contributed by atoms with Gasteiger partial charge in [-0.2, -0.15) is 4.98 Å². The van der Waals surface area contributed by atoms with Crippen molar-refractivity contribution in [2.45, 2.75) is 31.6 Å². The van der Waals surface area contributed by atoms with Gasteiger partial charge in [0.25, 0.3) is 0 Å². The van der Waals surface area contributed by atoms with Crippen molar-refractivity contribution in [1.29, 1.82) is 0 Å². The zero-order valence-corrected chi connectivity index (χ0v) is 11.3. The van der Waals surface area contributed by atoms with Crippen LogP contribution in [0.25, 0.3) is 0 Å². The van der Waals surface area contributed by atoms with Crippen molar-refractivity contribution >= 4 is 11.3 Å². The molecule has 3 heterocycles. The van der Waals surface area contributed by atoms with E-state index in [0.29, 0.717) is 0 Å². The number of aromatic nitrogens is 2. The molecule has 2 aromatic heterocycles. The molecule has 0 bridgehead atoms. The highest BCUT2D eigenvalue weighted by Gasteiger charge is 2.34. The number of hydrogen-bond acceptors (Lipinski definition) is 5. The standard InChI is InChI=1S/C13H17N3OS/c1-13(5-3-6-14-9-13)12-15-11(16-17-12)8-10-4-2-7-18-10/h2,4,7,14H,3,5-6,8-9H2,1H3. The van der Waals surface area contributed by atoms with Gasteiger partial charge in [-0.05, 0) is 37.8 Å². The lowest BCUT2D eigenvalue weighted by atomic mass is 9.83. The number of rotatable bonds is 3. The van der Waals surface area contributed by atoms with Crippen LogP contribution in [0.2, 0.25) is 0 Å². The normalized spacial score (nSPS) is 24.3. The maximum absolute atomic E-state index is 5.46. The molecule has 4 nitrogen and oxygen atoms in total. The molecule has 1 aliphatic heterocycles. The van der Waals surface area contributed by atoms with Gasteiger partial charge in [0.1, 0.15) is 0 Å². The summed E-state index contributed by atoms with van der Waals surface area (Å²) in [6, 6.07) is 4.15. The highest BCUT2D eigenvalue weighted by atomic mass is 32.1. The molecule has 0 amide bonds. The second kappa shape index (κ2) is 4.82. The van der Waals surface area contributed by atoms with Crippen LogP contribution in [-0.4, -0.2) is 23.2 Å². The van der Waals surface area contributed by atoms with E-state index in [1.807, 2.05) is 6.07 Å².